The second-order valence-electron chi connectivity index (χ2n) is 7.59. The second-order valence-corrected chi connectivity index (χ2v) is 7.59. The average Bonchev–Trinajstić information content (AvgIpc) is 2.50. The molecule has 3 atom stereocenters. The molecule has 23 heavy (non-hydrogen) atoms. The van der Waals surface area contributed by atoms with E-state index in [9.17, 15) is 4.79 Å². The number of ether oxygens (including phenoxy) is 1. The number of esters is 1. The van der Waals surface area contributed by atoms with Crippen molar-refractivity contribution in [1.82, 2.24) is 0 Å². The molecular weight excluding hydrogens is 284 g/mol. The highest BCUT2D eigenvalue weighted by Crippen LogP contribution is 2.24. The van der Waals surface area contributed by atoms with Crippen LogP contribution in [0.15, 0.2) is 24.3 Å². The van der Waals surface area contributed by atoms with E-state index in [1.165, 1.54) is 12.8 Å². The third kappa shape index (κ3) is 7.67. The predicted octanol–water partition coefficient (Wildman–Crippen LogP) is 6.03. The van der Waals surface area contributed by atoms with Gasteiger partial charge in [-0.2, -0.15) is 0 Å². The number of carbonyl (C=O) groups excluding carboxylic acids is 1. The van der Waals surface area contributed by atoms with E-state index >= 15 is 0 Å². The standard InChI is InChI=1S/C21H34O2/c1-15(2)7-10-17(4)18(5)11-12-19(6)23-21(22)20-13-8-16(3)9-14-20/h8-9,13-15,17-19H,7,10-12H2,1-6H3. The van der Waals surface area contributed by atoms with Crippen molar-refractivity contribution >= 4 is 5.97 Å². The fourth-order valence-electron chi connectivity index (χ4n) is 2.66. The molecule has 0 heterocycles. The van der Waals surface area contributed by atoms with Crippen LogP contribution in [-0.4, -0.2) is 12.1 Å². The Morgan fingerprint density at radius 1 is 0.870 bits per heavy atom. The van der Waals surface area contributed by atoms with E-state index in [-0.39, 0.29) is 12.1 Å². The first-order chi connectivity index (χ1) is 10.8. The number of rotatable bonds is 9. The monoisotopic (exact) mass is 318 g/mol. The van der Waals surface area contributed by atoms with Crippen molar-refractivity contribution in [2.75, 3.05) is 0 Å². The van der Waals surface area contributed by atoms with Crippen LogP contribution in [0.5, 0.6) is 0 Å². The van der Waals surface area contributed by atoms with Gasteiger partial charge in [0.1, 0.15) is 0 Å². The van der Waals surface area contributed by atoms with Crippen molar-refractivity contribution in [3.63, 3.8) is 0 Å². The van der Waals surface area contributed by atoms with Gasteiger partial charge in [-0.15, -0.1) is 0 Å². The smallest absolute Gasteiger partial charge is 0.338 e. The lowest BCUT2D eigenvalue weighted by Crippen LogP contribution is -2.17. The van der Waals surface area contributed by atoms with E-state index in [0.717, 1.165) is 30.2 Å². The highest BCUT2D eigenvalue weighted by Gasteiger charge is 2.16. The van der Waals surface area contributed by atoms with Crippen molar-refractivity contribution in [3.05, 3.63) is 35.4 Å². The molecule has 0 fully saturated rings. The van der Waals surface area contributed by atoms with Crippen molar-refractivity contribution in [2.45, 2.75) is 73.3 Å². The summed E-state index contributed by atoms with van der Waals surface area (Å²) in [6.45, 7) is 13.2. The molecule has 1 aromatic carbocycles. The second kappa shape index (κ2) is 9.75. The molecule has 0 spiro atoms. The summed E-state index contributed by atoms with van der Waals surface area (Å²) >= 11 is 0. The van der Waals surface area contributed by atoms with Gasteiger partial charge in [-0.3, -0.25) is 0 Å². The molecule has 0 N–H and O–H groups in total. The predicted molar refractivity (Wildman–Crippen MR) is 97.7 cm³/mol. The Bertz CT molecular complexity index is 461. The summed E-state index contributed by atoms with van der Waals surface area (Å²) in [5.74, 6) is 1.98. The fraction of sp³-hybridized carbons (Fsp3) is 0.667. The molecule has 0 aliphatic carbocycles. The Morgan fingerprint density at radius 2 is 1.39 bits per heavy atom. The summed E-state index contributed by atoms with van der Waals surface area (Å²) in [5, 5.41) is 0. The minimum absolute atomic E-state index is 0.0245. The zero-order valence-corrected chi connectivity index (χ0v) is 15.8. The topological polar surface area (TPSA) is 26.3 Å². The maximum atomic E-state index is 12.1. The van der Waals surface area contributed by atoms with Crippen LogP contribution in [0.3, 0.4) is 0 Å². The van der Waals surface area contributed by atoms with E-state index < -0.39 is 0 Å². The number of hydrogen-bond acceptors (Lipinski definition) is 2. The molecule has 0 saturated heterocycles. The maximum absolute atomic E-state index is 12.1. The number of aryl methyl sites for hydroxylation is 1. The first-order valence-corrected chi connectivity index (χ1v) is 9.07. The quantitative estimate of drug-likeness (QED) is 0.520. The SMILES string of the molecule is Cc1ccc(C(=O)OC(C)CCC(C)C(C)CCC(C)C)cc1. The molecule has 0 bridgehead atoms. The van der Waals surface area contributed by atoms with Crippen LogP contribution in [0.25, 0.3) is 0 Å². The van der Waals surface area contributed by atoms with Crippen molar-refractivity contribution in [3.8, 4) is 0 Å². The molecule has 1 aromatic rings. The van der Waals surface area contributed by atoms with Crippen LogP contribution in [0.2, 0.25) is 0 Å². The molecular formula is C21H34O2. The van der Waals surface area contributed by atoms with E-state index in [2.05, 4.69) is 27.7 Å². The minimum atomic E-state index is -0.210. The van der Waals surface area contributed by atoms with Crippen molar-refractivity contribution in [2.24, 2.45) is 17.8 Å². The van der Waals surface area contributed by atoms with Crippen LogP contribution in [0.1, 0.15) is 76.2 Å². The van der Waals surface area contributed by atoms with Gasteiger partial charge >= 0.3 is 5.97 Å². The summed E-state index contributed by atoms with van der Waals surface area (Å²) in [4.78, 5) is 12.1. The molecule has 130 valence electrons. The van der Waals surface area contributed by atoms with Gasteiger partial charge in [0.2, 0.25) is 0 Å². The third-order valence-corrected chi connectivity index (χ3v) is 4.79. The molecule has 0 radical (unpaired) electrons. The average molecular weight is 319 g/mol. The lowest BCUT2D eigenvalue weighted by Gasteiger charge is -2.22. The molecule has 0 saturated carbocycles. The Hall–Kier alpha value is -1.31. The van der Waals surface area contributed by atoms with Crippen LogP contribution >= 0.6 is 0 Å². The molecule has 2 nitrogen and oxygen atoms in total. The van der Waals surface area contributed by atoms with Crippen molar-refractivity contribution < 1.29 is 9.53 Å². The summed E-state index contributed by atoms with van der Waals surface area (Å²) in [6.07, 6.45) is 4.61. The van der Waals surface area contributed by atoms with Gasteiger partial charge in [0, 0.05) is 0 Å². The summed E-state index contributed by atoms with van der Waals surface area (Å²) in [6, 6.07) is 7.56. The first-order valence-electron chi connectivity index (χ1n) is 9.07. The van der Waals surface area contributed by atoms with Gasteiger partial charge in [0.25, 0.3) is 0 Å². The Kier molecular flexibility index (Phi) is 8.36. The van der Waals surface area contributed by atoms with E-state index in [1.54, 1.807) is 0 Å². The largest absolute Gasteiger partial charge is 0.459 e. The minimum Gasteiger partial charge on any atom is -0.459 e. The molecule has 0 amide bonds. The van der Waals surface area contributed by atoms with Gasteiger partial charge in [-0.1, -0.05) is 58.2 Å². The van der Waals surface area contributed by atoms with Crippen LogP contribution in [-0.2, 0) is 4.74 Å². The zero-order valence-electron chi connectivity index (χ0n) is 15.8. The summed E-state index contributed by atoms with van der Waals surface area (Å²) in [5.41, 5.74) is 1.79. The van der Waals surface area contributed by atoms with E-state index in [0.29, 0.717) is 11.5 Å². The Morgan fingerprint density at radius 3 is 1.91 bits per heavy atom. The Labute approximate surface area is 142 Å². The van der Waals surface area contributed by atoms with Crippen molar-refractivity contribution in [1.29, 1.82) is 0 Å². The fourth-order valence-corrected chi connectivity index (χ4v) is 2.66. The van der Waals surface area contributed by atoms with Gasteiger partial charge in [-0.05, 0) is 56.6 Å². The van der Waals surface area contributed by atoms with Gasteiger partial charge < -0.3 is 4.74 Å². The first kappa shape index (κ1) is 19.7. The molecule has 1 rings (SSSR count). The Balaban J connectivity index is 2.34. The number of carbonyl (C=O) groups is 1. The van der Waals surface area contributed by atoms with Gasteiger partial charge in [0.15, 0.2) is 0 Å². The molecule has 0 aromatic heterocycles. The lowest BCUT2D eigenvalue weighted by atomic mass is 9.86. The van der Waals surface area contributed by atoms with Crippen LogP contribution in [0.4, 0.5) is 0 Å². The van der Waals surface area contributed by atoms with E-state index in [4.69, 9.17) is 4.74 Å². The molecule has 2 heteroatoms. The lowest BCUT2D eigenvalue weighted by molar-refractivity contribution is 0.0307. The van der Waals surface area contributed by atoms with Gasteiger partial charge in [-0.25, -0.2) is 4.79 Å². The number of hydrogen-bond donors (Lipinski definition) is 0. The molecule has 3 unspecified atom stereocenters. The maximum Gasteiger partial charge on any atom is 0.338 e. The zero-order chi connectivity index (χ0) is 17.4. The summed E-state index contributed by atoms with van der Waals surface area (Å²) < 4.78 is 5.57. The van der Waals surface area contributed by atoms with Gasteiger partial charge in [0.05, 0.1) is 11.7 Å². The highest BCUT2D eigenvalue weighted by molar-refractivity contribution is 5.89. The van der Waals surface area contributed by atoms with E-state index in [1.807, 2.05) is 38.1 Å². The molecule has 0 aliphatic heterocycles. The summed E-state index contributed by atoms with van der Waals surface area (Å²) in [7, 11) is 0. The van der Waals surface area contributed by atoms with Crippen LogP contribution in [0, 0.1) is 24.7 Å². The normalized spacial score (nSPS) is 15.3. The van der Waals surface area contributed by atoms with Crippen LogP contribution < -0.4 is 0 Å². The number of benzene rings is 1. The third-order valence-electron chi connectivity index (χ3n) is 4.79. The molecule has 0 aliphatic rings. The highest BCUT2D eigenvalue weighted by atomic mass is 16.5.